The summed E-state index contributed by atoms with van der Waals surface area (Å²) in [6.07, 6.45) is 4.54. The van der Waals surface area contributed by atoms with E-state index in [0.29, 0.717) is 12.0 Å². The Labute approximate surface area is 134 Å². The molecule has 0 amide bonds. The Bertz CT molecular complexity index is 447. The molecule has 0 heterocycles. The van der Waals surface area contributed by atoms with Crippen LogP contribution in [0.15, 0.2) is 35.3 Å². The first-order valence-electron chi connectivity index (χ1n) is 8.45. The van der Waals surface area contributed by atoms with Crippen molar-refractivity contribution >= 4 is 5.96 Å². The molecule has 0 radical (unpaired) electrons. The molecule has 1 fully saturated rings. The predicted octanol–water partition coefficient (Wildman–Crippen LogP) is 2.91. The number of hydrogen-bond acceptors (Lipinski definition) is 2. The smallest absolute Gasteiger partial charge is 0.191 e. The summed E-state index contributed by atoms with van der Waals surface area (Å²) in [7, 11) is 1.83. The number of unbranched alkanes of at least 4 members (excludes halogenated alkanes) is 1. The molecule has 1 aliphatic carbocycles. The minimum absolute atomic E-state index is 0.509. The minimum Gasteiger partial charge on any atom is -0.381 e. The first-order chi connectivity index (χ1) is 10.8. The fourth-order valence-electron chi connectivity index (χ4n) is 2.52. The number of nitrogens with zero attached hydrogens (tertiary/aromatic N) is 1. The summed E-state index contributed by atoms with van der Waals surface area (Å²) in [5, 5.41) is 6.86. The van der Waals surface area contributed by atoms with E-state index in [1.165, 1.54) is 18.4 Å². The quantitative estimate of drug-likeness (QED) is 0.419. The second kappa shape index (κ2) is 9.46. The number of nitrogens with one attached hydrogen (secondary N) is 2. The van der Waals surface area contributed by atoms with Crippen LogP contribution in [-0.2, 0) is 4.74 Å². The number of aliphatic imine (C=N–C) groups is 1. The normalized spacial score (nSPS) is 20.7. The third-order valence-electron chi connectivity index (χ3n) is 3.96. The zero-order chi connectivity index (χ0) is 15.6. The highest BCUT2D eigenvalue weighted by Gasteiger charge is 2.38. The van der Waals surface area contributed by atoms with E-state index < -0.39 is 0 Å². The van der Waals surface area contributed by atoms with Gasteiger partial charge in [-0.2, -0.15) is 0 Å². The van der Waals surface area contributed by atoms with Crippen LogP contribution in [0.5, 0.6) is 0 Å². The van der Waals surface area contributed by atoms with Crippen molar-refractivity contribution in [3.8, 4) is 0 Å². The SMILES string of the molecule is CCCCOCCCNC(=NC)NC1CC1c1ccccc1. The van der Waals surface area contributed by atoms with Crippen LogP contribution in [0.2, 0.25) is 0 Å². The number of benzene rings is 1. The Morgan fingerprint density at radius 2 is 2.00 bits per heavy atom. The van der Waals surface area contributed by atoms with Crippen molar-refractivity contribution in [2.24, 2.45) is 4.99 Å². The van der Waals surface area contributed by atoms with Gasteiger partial charge in [0.25, 0.3) is 0 Å². The summed E-state index contributed by atoms with van der Waals surface area (Å²) in [5.74, 6) is 1.52. The fraction of sp³-hybridized carbons (Fsp3) is 0.611. The lowest BCUT2D eigenvalue weighted by molar-refractivity contribution is 0.129. The Balaban J connectivity index is 1.59. The summed E-state index contributed by atoms with van der Waals surface area (Å²) in [6.45, 7) is 4.78. The van der Waals surface area contributed by atoms with Crippen molar-refractivity contribution < 1.29 is 4.74 Å². The molecule has 0 aromatic heterocycles. The van der Waals surface area contributed by atoms with Crippen molar-refractivity contribution in [2.45, 2.75) is 44.6 Å². The van der Waals surface area contributed by atoms with Crippen LogP contribution in [0.4, 0.5) is 0 Å². The Hall–Kier alpha value is -1.55. The predicted molar refractivity (Wildman–Crippen MR) is 92.4 cm³/mol. The molecule has 2 atom stereocenters. The van der Waals surface area contributed by atoms with E-state index in [9.17, 15) is 0 Å². The molecule has 4 heteroatoms. The molecule has 0 saturated heterocycles. The Morgan fingerprint density at radius 1 is 1.23 bits per heavy atom. The summed E-state index contributed by atoms with van der Waals surface area (Å²) in [6, 6.07) is 11.2. The number of guanidine groups is 1. The van der Waals surface area contributed by atoms with Gasteiger partial charge in [0.2, 0.25) is 0 Å². The monoisotopic (exact) mass is 303 g/mol. The van der Waals surface area contributed by atoms with E-state index in [2.05, 4.69) is 52.9 Å². The molecule has 0 aliphatic heterocycles. The van der Waals surface area contributed by atoms with Gasteiger partial charge in [0.05, 0.1) is 0 Å². The van der Waals surface area contributed by atoms with Gasteiger partial charge in [-0.15, -0.1) is 0 Å². The van der Waals surface area contributed by atoms with Gasteiger partial charge in [-0.05, 0) is 24.8 Å². The zero-order valence-electron chi connectivity index (χ0n) is 13.8. The third kappa shape index (κ3) is 5.68. The van der Waals surface area contributed by atoms with Crippen LogP contribution in [0.3, 0.4) is 0 Å². The molecule has 1 saturated carbocycles. The van der Waals surface area contributed by atoms with Gasteiger partial charge in [-0.25, -0.2) is 0 Å². The van der Waals surface area contributed by atoms with E-state index in [-0.39, 0.29) is 0 Å². The third-order valence-corrected chi connectivity index (χ3v) is 3.96. The molecule has 4 nitrogen and oxygen atoms in total. The highest BCUT2D eigenvalue weighted by molar-refractivity contribution is 5.80. The summed E-state index contributed by atoms with van der Waals surface area (Å²) in [4.78, 5) is 4.30. The molecular weight excluding hydrogens is 274 g/mol. The van der Waals surface area contributed by atoms with E-state index in [0.717, 1.165) is 38.6 Å². The van der Waals surface area contributed by atoms with Crippen molar-refractivity contribution in [3.63, 3.8) is 0 Å². The highest BCUT2D eigenvalue weighted by atomic mass is 16.5. The Kier molecular flexibility index (Phi) is 7.23. The number of hydrogen-bond donors (Lipinski definition) is 2. The molecule has 122 valence electrons. The second-order valence-electron chi connectivity index (χ2n) is 5.82. The molecule has 1 aliphatic rings. The average molecular weight is 303 g/mol. The van der Waals surface area contributed by atoms with Gasteiger partial charge < -0.3 is 15.4 Å². The topological polar surface area (TPSA) is 45.6 Å². The standard InChI is InChI=1S/C18H29N3O/c1-3-4-12-22-13-8-11-20-18(19-2)21-17-14-16(17)15-9-6-5-7-10-15/h5-7,9-10,16-17H,3-4,8,11-14H2,1-2H3,(H2,19,20,21). The first kappa shape index (κ1) is 16.8. The summed E-state index contributed by atoms with van der Waals surface area (Å²) >= 11 is 0. The maximum absolute atomic E-state index is 5.56. The lowest BCUT2D eigenvalue weighted by Crippen LogP contribution is -2.39. The van der Waals surface area contributed by atoms with E-state index in [4.69, 9.17) is 4.74 Å². The number of rotatable bonds is 9. The molecule has 0 bridgehead atoms. The summed E-state index contributed by atoms with van der Waals surface area (Å²) in [5.41, 5.74) is 1.42. The molecular formula is C18H29N3O. The lowest BCUT2D eigenvalue weighted by Gasteiger charge is -2.12. The van der Waals surface area contributed by atoms with Crippen LogP contribution >= 0.6 is 0 Å². The van der Waals surface area contributed by atoms with Crippen LogP contribution in [0, 0.1) is 0 Å². The van der Waals surface area contributed by atoms with Crippen LogP contribution in [0.25, 0.3) is 0 Å². The fourth-order valence-corrected chi connectivity index (χ4v) is 2.52. The van der Waals surface area contributed by atoms with E-state index >= 15 is 0 Å². The van der Waals surface area contributed by atoms with Crippen LogP contribution < -0.4 is 10.6 Å². The van der Waals surface area contributed by atoms with Crippen molar-refractivity contribution in [2.75, 3.05) is 26.8 Å². The average Bonchev–Trinajstić information content (AvgIpc) is 3.33. The van der Waals surface area contributed by atoms with Gasteiger partial charge >= 0.3 is 0 Å². The summed E-state index contributed by atoms with van der Waals surface area (Å²) < 4.78 is 5.56. The van der Waals surface area contributed by atoms with Crippen molar-refractivity contribution in [1.82, 2.24) is 10.6 Å². The second-order valence-corrected chi connectivity index (χ2v) is 5.82. The van der Waals surface area contributed by atoms with Crippen molar-refractivity contribution in [1.29, 1.82) is 0 Å². The van der Waals surface area contributed by atoms with Crippen LogP contribution in [-0.4, -0.2) is 38.8 Å². The molecule has 2 N–H and O–H groups in total. The maximum atomic E-state index is 5.56. The molecule has 0 spiro atoms. The first-order valence-corrected chi connectivity index (χ1v) is 8.45. The molecule has 1 aromatic carbocycles. The molecule has 2 rings (SSSR count). The van der Waals surface area contributed by atoms with Gasteiger partial charge in [0.15, 0.2) is 5.96 Å². The molecule has 22 heavy (non-hydrogen) atoms. The van der Waals surface area contributed by atoms with Gasteiger partial charge in [0.1, 0.15) is 0 Å². The maximum Gasteiger partial charge on any atom is 0.191 e. The highest BCUT2D eigenvalue weighted by Crippen LogP contribution is 2.40. The van der Waals surface area contributed by atoms with Crippen molar-refractivity contribution in [3.05, 3.63) is 35.9 Å². The minimum atomic E-state index is 0.509. The zero-order valence-corrected chi connectivity index (χ0v) is 13.8. The number of ether oxygens (including phenoxy) is 1. The van der Waals surface area contributed by atoms with Gasteiger partial charge in [-0.1, -0.05) is 43.7 Å². The molecule has 1 aromatic rings. The lowest BCUT2D eigenvalue weighted by atomic mass is 10.1. The molecule has 2 unspecified atom stereocenters. The largest absolute Gasteiger partial charge is 0.381 e. The van der Waals surface area contributed by atoms with E-state index in [1.807, 2.05) is 7.05 Å². The van der Waals surface area contributed by atoms with E-state index in [1.54, 1.807) is 0 Å². The van der Waals surface area contributed by atoms with Crippen LogP contribution in [0.1, 0.15) is 44.1 Å². The Morgan fingerprint density at radius 3 is 2.73 bits per heavy atom. The van der Waals surface area contributed by atoms with Gasteiger partial charge in [-0.3, -0.25) is 4.99 Å². The van der Waals surface area contributed by atoms with Gasteiger partial charge in [0, 0.05) is 38.8 Å².